The summed E-state index contributed by atoms with van der Waals surface area (Å²) in [5, 5.41) is 1.73. The van der Waals surface area contributed by atoms with Crippen molar-refractivity contribution in [2.75, 3.05) is 13.1 Å². The summed E-state index contributed by atoms with van der Waals surface area (Å²) < 4.78 is 71.2. The second kappa shape index (κ2) is 8.55. The molecule has 0 saturated carbocycles. The zero-order valence-electron chi connectivity index (χ0n) is 16.9. The number of carbonyl (C=O) groups is 1. The molecule has 0 amide bonds. The van der Waals surface area contributed by atoms with E-state index in [2.05, 4.69) is 0 Å². The van der Waals surface area contributed by atoms with E-state index in [4.69, 9.17) is 4.74 Å². The van der Waals surface area contributed by atoms with Crippen molar-refractivity contribution in [2.24, 2.45) is 5.92 Å². The van der Waals surface area contributed by atoms with Gasteiger partial charge in [-0.2, -0.15) is 17.5 Å². The fourth-order valence-corrected chi connectivity index (χ4v) is 5.31. The summed E-state index contributed by atoms with van der Waals surface area (Å²) in [6, 6.07) is 16.6. The Labute approximate surface area is 183 Å². The van der Waals surface area contributed by atoms with E-state index >= 15 is 0 Å². The quantitative estimate of drug-likeness (QED) is 0.409. The molecule has 0 unspecified atom stereocenters. The van der Waals surface area contributed by atoms with E-state index in [0.29, 0.717) is 11.8 Å². The highest BCUT2D eigenvalue weighted by Gasteiger charge is 2.35. The maximum Gasteiger partial charge on any atom is 0.416 e. The number of esters is 1. The third-order valence-electron chi connectivity index (χ3n) is 5.55. The molecule has 32 heavy (non-hydrogen) atoms. The molecular formula is C23H20F3NO4S. The molecule has 0 N–H and O–H groups in total. The number of rotatable bonds is 4. The Morgan fingerprint density at radius 2 is 1.59 bits per heavy atom. The van der Waals surface area contributed by atoms with E-state index in [-0.39, 0.29) is 25.9 Å². The summed E-state index contributed by atoms with van der Waals surface area (Å²) in [6.07, 6.45) is -4.19. The lowest BCUT2D eigenvalue weighted by Gasteiger charge is -2.30. The predicted octanol–water partition coefficient (Wildman–Crippen LogP) is 4.86. The highest BCUT2D eigenvalue weighted by molar-refractivity contribution is 7.89. The smallest absolute Gasteiger partial charge is 0.416 e. The van der Waals surface area contributed by atoms with Crippen LogP contribution in [-0.2, 0) is 21.0 Å². The van der Waals surface area contributed by atoms with Crippen molar-refractivity contribution >= 4 is 26.8 Å². The number of sulfonamides is 1. The van der Waals surface area contributed by atoms with Crippen molar-refractivity contribution in [1.82, 2.24) is 4.31 Å². The van der Waals surface area contributed by atoms with Crippen LogP contribution < -0.4 is 4.74 Å². The molecule has 3 aromatic rings. The van der Waals surface area contributed by atoms with Crippen LogP contribution in [0.5, 0.6) is 5.75 Å². The van der Waals surface area contributed by atoms with Gasteiger partial charge in [0.1, 0.15) is 5.75 Å². The topological polar surface area (TPSA) is 63.7 Å². The normalized spacial score (nSPS) is 16.2. The van der Waals surface area contributed by atoms with Crippen LogP contribution in [0.1, 0.15) is 18.4 Å². The van der Waals surface area contributed by atoms with Crippen LogP contribution in [0, 0.1) is 5.92 Å². The van der Waals surface area contributed by atoms with E-state index in [1.807, 2.05) is 30.3 Å². The summed E-state index contributed by atoms with van der Waals surface area (Å²) in [5.41, 5.74) is -1.02. The van der Waals surface area contributed by atoms with Gasteiger partial charge in [0.05, 0.1) is 16.4 Å². The molecular weight excluding hydrogens is 443 g/mol. The molecule has 5 nitrogen and oxygen atoms in total. The number of fused-ring (bicyclic) bond motifs is 1. The predicted molar refractivity (Wildman–Crippen MR) is 113 cm³/mol. The lowest BCUT2D eigenvalue weighted by atomic mass is 9.98. The number of hydrogen-bond acceptors (Lipinski definition) is 4. The molecule has 9 heteroatoms. The van der Waals surface area contributed by atoms with E-state index in [0.717, 1.165) is 33.3 Å². The zero-order chi connectivity index (χ0) is 22.9. The summed E-state index contributed by atoms with van der Waals surface area (Å²) in [7, 11) is -4.10. The molecule has 0 atom stereocenters. The van der Waals surface area contributed by atoms with Crippen molar-refractivity contribution < 1.29 is 31.1 Å². The van der Waals surface area contributed by atoms with Gasteiger partial charge in [-0.1, -0.05) is 42.5 Å². The Morgan fingerprint density at radius 3 is 2.31 bits per heavy atom. The molecule has 168 valence electrons. The van der Waals surface area contributed by atoms with Crippen LogP contribution in [0.25, 0.3) is 10.8 Å². The van der Waals surface area contributed by atoms with Gasteiger partial charge in [0, 0.05) is 18.5 Å². The minimum absolute atomic E-state index is 0.0217. The van der Waals surface area contributed by atoms with Crippen LogP contribution >= 0.6 is 0 Å². The average molecular weight is 463 g/mol. The van der Waals surface area contributed by atoms with Crippen molar-refractivity contribution in [3.8, 4) is 5.75 Å². The molecule has 1 saturated heterocycles. The maximum absolute atomic E-state index is 13.0. The highest BCUT2D eigenvalue weighted by atomic mass is 32.2. The molecule has 0 aromatic heterocycles. The van der Waals surface area contributed by atoms with Gasteiger partial charge in [0.25, 0.3) is 0 Å². The molecule has 0 bridgehead atoms. The third-order valence-corrected chi connectivity index (χ3v) is 7.44. The molecule has 3 aromatic carbocycles. The minimum Gasteiger partial charge on any atom is -0.426 e. The number of ether oxygens (including phenoxy) is 1. The Kier molecular flexibility index (Phi) is 5.96. The molecule has 0 aliphatic carbocycles. The van der Waals surface area contributed by atoms with Gasteiger partial charge in [-0.3, -0.25) is 4.79 Å². The fraction of sp³-hybridized carbons (Fsp3) is 0.261. The average Bonchev–Trinajstić information content (AvgIpc) is 2.79. The van der Waals surface area contributed by atoms with Crippen LogP contribution in [0.2, 0.25) is 0 Å². The van der Waals surface area contributed by atoms with E-state index in [9.17, 15) is 26.4 Å². The van der Waals surface area contributed by atoms with Crippen molar-refractivity contribution in [2.45, 2.75) is 23.9 Å². The third kappa shape index (κ3) is 4.49. The molecule has 0 spiro atoms. The Morgan fingerprint density at radius 1 is 0.938 bits per heavy atom. The number of nitrogens with zero attached hydrogens (tertiary/aromatic N) is 1. The number of carbonyl (C=O) groups excluding carboxylic acids is 1. The maximum atomic E-state index is 13.0. The molecule has 1 heterocycles. The number of alkyl halides is 3. The monoisotopic (exact) mass is 463 g/mol. The van der Waals surface area contributed by atoms with E-state index in [1.54, 1.807) is 12.1 Å². The van der Waals surface area contributed by atoms with Crippen LogP contribution in [-0.4, -0.2) is 31.8 Å². The summed E-state index contributed by atoms with van der Waals surface area (Å²) in [4.78, 5) is 12.3. The van der Waals surface area contributed by atoms with Gasteiger partial charge in [0.2, 0.25) is 10.0 Å². The SMILES string of the molecule is O=C(Oc1cccc2ccccc12)C1CCN(S(=O)(=O)c2cccc(C(F)(F)F)c2)CC1. The highest BCUT2D eigenvalue weighted by Crippen LogP contribution is 2.32. The van der Waals surface area contributed by atoms with Gasteiger partial charge in [0.15, 0.2) is 0 Å². The Balaban J connectivity index is 1.44. The van der Waals surface area contributed by atoms with E-state index < -0.39 is 38.5 Å². The first-order valence-electron chi connectivity index (χ1n) is 10.0. The Bertz CT molecular complexity index is 1240. The van der Waals surface area contributed by atoms with Crippen molar-refractivity contribution in [1.29, 1.82) is 0 Å². The summed E-state index contributed by atoms with van der Waals surface area (Å²) in [6.45, 7) is 0.0434. The van der Waals surface area contributed by atoms with Gasteiger partial charge in [-0.15, -0.1) is 0 Å². The fourth-order valence-electron chi connectivity index (χ4n) is 3.79. The largest absolute Gasteiger partial charge is 0.426 e. The zero-order valence-corrected chi connectivity index (χ0v) is 17.7. The van der Waals surface area contributed by atoms with Crippen LogP contribution in [0.3, 0.4) is 0 Å². The summed E-state index contributed by atoms with van der Waals surface area (Å²) >= 11 is 0. The van der Waals surface area contributed by atoms with Gasteiger partial charge >= 0.3 is 12.1 Å². The van der Waals surface area contributed by atoms with E-state index in [1.165, 1.54) is 0 Å². The molecule has 1 aliphatic rings. The lowest BCUT2D eigenvalue weighted by Crippen LogP contribution is -2.41. The number of benzene rings is 3. The first-order valence-corrected chi connectivity index (χ1v) is 11.5. The first kappa shape index (κ1) is 22.3. The number of hydrogen-bond donors (Lipinski definition) is 0. The van der Waals surface area contributed by atoms with Gasteiger partial charge in [-0.25, -0.2) is 8.42 Å². The van der Waals surface area contributed by atoms with Crippen LogP contribution in [0.4, 0.5) is 13.2 Å². The van der Waals surface area contributed by atoms with Crippen molar-refractivity contribution in [3.05, 3.63) is 72.3 Å². The molecule has 0 radical (unpaired) electrons. The minimum atomic E-state index is -4.64. The van der Waals surface area contributed by atoms with Gasteiger partial charge in [-0.05, 0) is 42.5 Å². The molecule has 4 rings (SSSR count). The summed E-state index contributed by atoms with van der Waals surface area (Å²) in [5.74, 6) is -0.508. The lowest BCUT2D eigenvalue weighted by molar-refractivity contribution is -0.140. The number of piperidine rings is 1. The second-order valence-electron chi connectivity index (χ2n) is 7.60. The standard InChI is InChI=1S/C23H20F3NO4S/c24-23(25,26)18-7-4-8-19(15-18)32(29,30)27-13-11-17(12-14-27)22(28)31-21-10-3-6-16-5-1-2-9-20(16)21/h1-10,15,17H,11-14H2. The molecule has 1 fully saturated rings. The second-order valence-corrected chi connectivity index (χ2v) is 9.54. The van der Waals surface area contributed by atoms with Crippen molar-refractivity contribution in [3.63, 3.8) is 0 Å². The van der Waals surface area contributed by atoms with Gasteiger partial charge < -0.3 is 4.74 Å². The Hall–Kier alpha value is -2.91. The molecule has 1 aliphatic heterocycles. The number of halogens is 3. The van der Waals surface area contributed by atoms with Crippen LogP contribution in [0.15, 0.2) is 71.6 Å². The first-order chi connectivity index (χ1) is 15.2.